The number of aromatic nitrogens is 2. The molecular formula is C22H34N4O. The third kappa shape index (κ3) is 7.16. The zero-order chi connectivity index (χ0) is 19.5. The Bertz CT molecular complexity index is 679. The van der Waals surface area contributed by atoms with Crippen molar-refractivity contribution >= 4 is 11.7 Å². The molecule has 0 spiro atoms. The number of anilines is 1. The first-order valence-corrected chi connectivity index (χ1v) is 10.3. The van der Waals surface area contributed by atoms with E-state index in [1.807, 2.05) is 0 Å². The second-order valence-corrected chi connectivity index (χ2v) is 7.48. The van der Waals surface area contributed by atoms with Crippen LogP contribution in [0.15, 0.2) is 35.2 Å². The summed E-state index contributed by atoms with van der Waals surface area (Å²) >= 11 is 0. The quantitative estimate of drug-likeness (QED) is 0.246. The van der Waals surface area contributed by atoms with Gasteiger partial charge in [0.1, 0.15) is 0 Å². The van der Waals surface area contributed by atoms with Gasteiger partial charge in [-0.15, -0.1) is 0 Å². The first kappa shape index (κ1) is 21.1. The molecule has 1 aromatic rings. The topological polar surface area (TPSA) is 70.4 Å². The van der Waals surface area contributed by atoms with E-state index in [0.717, 1.165) is 62.2 Å². The summed E-state index contributed by atoms with van der Waals surface area (Å²) in [7, 11) is 0. The average molecular weight is 371 g/mol. The molecule has 1 aliphatic rings. The van der Waals surface area contributed by atoms with Crippen molar-refractivity contribution in [2.45, 2.75) is 72.1 Å². The van der Waals surface area contributed by atoms with Gasteiger partial charge in [-0.3, -0.25) is 0 Å². The van der Waals surface area contributed by atoms with E-state index in [1.165, 1.54) is 18.4 Å². The highest BCUT2D eigenvalue weighted by molar-refractivity contribution is 5.99. The van der Waals surface area contributed by atoms with Crippen LogP contribution in [0.25, 0.3) is 0 Å². The van der Waals surface area contributed by atoms with E-state index in [-0.39, 0.29) is 0 Å². The van der Waals surface area contributed by atoms with Crippen LogP contribution in [0.1, 0.15) is 77.0 Å². The van der Waals surface area contributed by atoms with E-state index in [9.17, 15) is 0 Å². The summed E-state index contributed by atoms with van der Waals surface area (Å²) in [4.78, 5) is 9.09. The van der Waals surface area contributed by atoms with E-state index in [2.05, 4.69) is 47.5 Å². The Hall–Kier alpha value is -2.17. The zero-order valence-corrected chi connectivity index (χ0v) is 17.0. The van der Waals surface area contributed by atoms with Gasteiger partial charge in [0.15, 0.2) is 0 Å². The Morgan fingerprint density at radius 1 is 1.26 bits per heavy atom. The number of nitrogens with one attached hydrogen (secondary N) is 1. The SMILES string of the molecule is CCCCCNc1ncc(/C(C)=N/O)c(CCCC2=CC[C@H](C)CC=C2)n1. The van der Waals surface area contributed by atoms with E-state index in [4.69, 9.17) is 10.2 Å². The molecule has 0 fully saturated rings. The highest BCUT2D eigenvalue weighted by Gasteiger charge is 2.11. The standard InChI is InChI=1S/C22H34N4O/c1-4-5-6-15-23-22-24-16-20(18(3)26-27)21(25-22)12-8-11-19-10-7-9-17(2)13-14-19/h7,10,14,16-17,27H,4-6,8-9,11-13,15H2,1-3H3,(H,23,24,25)/b26-18+/t17-/m1/s1. The highest BCUT2D eigenvalue weighted by atomic mass is 16.4. The predicted molar refractivity (Wildman–Crippen MR) is 113 cm³/mol. The van der Waals surface area contributed by atoms with Crippen molar-refractivity contribution in [2.75, 3.05) is 11.9 Å². The number of hydrogen-bond acceptors (Lipinski definition) is 5. The Morgan fingerprint density at radius 3 is 2.89 bits per heavy atom. The minimum absolute atomic E-state index is 0.560. The molecule has 1 atom stereocenters. The van der Waals surface area contributed by atoms with Gasteiger partial charge in [0.2, 0.25) is 5.95 Å². The minimum atomic E-state index is 0.560. The second kappa shape index (κ2) is 11.5. The fourth-order valence-electron chi connectivity index (χ4n) is 3.24. The smallest absolute Gasteiger partial charge is 0.222 e. The maximum absolute atomic E-state index is 9.17. The largest absolute Gasteiger partial charge is 0.411 e. The summed E-state index contributed by atoms with van der Waals surface area (Å²) < 4.78 is 0. The molecule has 0 aliphatic heterocycles. The lowest BCUT2D eigenvalue weighted by Crippen LogP contribution is -2.11. The molecular weight excluding hydrogens is 336 g/mol. The third-order valence-electron chi connectivity index (χ3n) is 5.00. The molecule has 27 heavy (non-hydrogen) atoms. The lowest BCUT2D eigenvalue weighted by molar-refractivity contribution is 0.319. The van der Waals surface area contributed by atoms with Crippen molar-refractivity contribution in [1.29, 1.82) is 0 Å². The zero-order valence-electron chi connectivity index (χ0n) is 17.0. The van der Waals surface area contributed by atoms with Crippen LogP contribution >= 0.6 is 0 Å². The van der Waals surface area contributed by atoms with Crippen molar-refractivity contribution in [3.8, 4) is 0 Å². The lowest BCUT2D eigenvalue weighted by Gasteiger charge is -2.11. The van der Waals surface area contributed by atoms with Crippen LogP contribution in [0.5, 0.6) is 0 Å². The summed E-state index contributed by atoms with van der Waals surface area (Å²) in [6.45, 7) is 7.16. The number of rotatable bonds is 10. The fourth-order valence-corrected chi connectivity index (χ4v) is 3.24. The first-order chi connectivity index (χ1) is 13.1. The molecule has 0 radical (unpaired) electrons. The molecule has 0 bridgehead atoms. The molecule has 0 saturated heterocycles. The molecule has 1 aromatic heterocycles. The van der Waals surface area contributed by atoms with Gasteiger partial charge in [-0.25, -0.2) is 9.97 Å². The van der Waals surface area contributed by atoms with Crippen LogP contribution < -0.4 is 5.32 Å². The van der Waals surface area contributed by atoms with Crippen LogP contribution in [0, 0.1) is 5.92 Å². The molecule has 5 heteroatoms. The molecule has 0 aromatic carbocycles. The maximum Gasteiger partial charge on any atom is 0.222 e. The number of unbranched alkanes of at least 4 members (excludes halogenated alkanes) is 2. The summed E-state index contributed by atoms with van der Waals surface area (Å²) in [5.74, 6) is 1.40. The molecule has 1 heterocycles. The lowest BCUT2D eigenvalue weighted by atomic mass is 10.0. The van der Waals surface area contributed by atoms with Gasteiger partial charge in [0.25, 0.3) is 0 Å². The van der Waals surface area contributed by atoms with Crippen molar-refractivity contribution in [2.24, 2.45) is 11.1 Å². The van der Waals surface area contributed by atoms with Crippen molar-refractivity contribution in [1.82, 2.24) is 9.97 Å². The van der Waals surface area contributed by atoms with Gasteiger partial charge in [0.05, 0.1) is 11.4 Å². The van der Waals surface area contributed by atoms with E-state index < -0.39 is 0 Å². The molecule has 0 amide bonds. The molecule has 2 rings (SSSR count). The van der Waals surface area contributed by atoms with Crippen LogP contribution in [-0.4, -0.2) is 27.4 Å². The molecule has 1 aliphatic carbocycles. The number of allylic oxidation sites excluding steroid dienone is 4. The van der Waals surface area contributed by atoms with Gasteiger partial charge in [-0.1, -0.05) is 55.6 Å². The van der Waals surface area contributed by atoms with Crippen LogP contribution in [0.3, 0.4) is 0 Å². The third-order valence-corrected chi connectivity index (χ3v) is 5.00. The normalized spacial score (nSPS) is 17.5. The molecule has 0 unspecified atom stereocenters. The average Bonchev–Trinajstić information content (AvgIpc) is 2.89. The number of nitrogens with zero attached hydrogens (tertiary/aromatic N) is 3. The number of oxime groups is 1. The Labute approximate surface area is 163 Å². The monoisotopic (exact) mass is 370 g/mol. The Balaban J connectivity index is 2.01. The van der Waals surface area contributed by atoms with Gasteiger partial charge >= 0.3 is 0 Å². The van der Waals surface area contributed by atoms with Gasteiger partial charge in [0, 0.05) is 18.3 Å². The Morgan fingerprint density at radius 2 is 2.11 bits per heavy atom. The predicted octanol–water partition coefficient (Wildman–Crippen LogP) is 5.51. The van der Waals surface area contributed by atoms with Gasteiger partial charge < -0.3 is 10.5 Å². The molecule has 148 valence electrons. The summed E-state index contributed by atoms with van der Waals surface area (Å²) in [5.41, 5.74) is 3.76. The highest BCUT2D eigenvalue weighted by Crippen LogP contribution is 2.21. The second-order valence-electron chi connectivity index (χ2n) is 7.48. The molecule has 0 saturated carbocycles. The van der Waals surface area contributed by atoms with Gasteiger partial charge in [-0.05, 0) is 51.4 Å². The maximum atomic E-state index is 9.17. The fraction of sp³-hybridized carbons (Fsp3) is 0.591. The van der Waals surface area contributed by atoms with Gasteiger partial charge in [-0.2, -0.15) is 0 Å². The summed E-state index contributed by atoms with van der Waals surface area (Å²) in [5, 5.41) is 15.8. The van der Waals surface area contributed by atoms with Crippen LogP contribution in [0.4, 0.5) is 5.95 Å². The minimum Gasteiger partial charge on any atom is -0.411 e. The number of hydrogen-bond donors (Lipinski definition) is 2. The van der Waals surface area contributed by atoms with Crippen LogP contribution in [-0.2, 0) is 6.42 Å². The van der Waals surface area contributed by atoms with Crippen molar-refractivity contribution < 1.29 is 5.21 Å². The van der Waals surface area contributed by atoms with Crippen LogP contribution in [0.2, 0.25) is 0 Å². The first-order valence-electron chi connectivity index (χ1n) is 10.3. The Kier molecular flexibility index (Phi) is 9.02. The van der Waals surface area contributed by atoms with Crippen molar-refractivity contribution in [3.63, 3.8) is 0 Å². The summed E-state index contributed by atoms with van der Waals surface area (Å²) in [6.07, 6.45) is 17.4. The molecule has 5 nitrogen and oxygen atoms in total. The van der Waals surface area contributed by atoms with E-state index in [1.54, 1.807) is 13.1 Å². The van der Waals surface area contributed by atoms with E-state index >= 15 is 0 Å². The summed E-state index contributed by atoms with van der Waals surface area (Å²) in [6, 6.07) is 0. The van der Waals surface area contributed by atoms with Crippen molar-refractivity contribution in [3.05, 3.63) is 41.3 Å². The molecule has 2 N–H and O–H groups in total. The van der Waals surface area contributed by atoms with E-state index in [0.29, 0.717) is 11.7 Å². The number of aryl methyl sites for hydroxylation is 1.